The van der Waals surface area contributed by atoms with Gasteiger partial charge in [-0.25, -0.2) is 9.97 Å². The molecule has 124 valence electrons. The van der Waals surface area contributed by atoms with Crippen molar-refractivity contribution in [1.29, 1.82) is 0 Å². The first-order chi connectivity index (χ1) is 11.8. The van der Waals surface area contributed by atoms with E-state index in [9.17, 15) is 0 Å². The standard InChI is InChI=1S/C18H22N6/c1-3-14-16-17(22-21-14)19-12-20-18(16)24-10-8-23(9-11-24)15-7-5-4-6-13(15)2/h4-7,12H,3,8-11H2,1-2H3,(H,19,20,21,22). The van der Waals surface area contributed by atoms with Crippen LogP contribution in [-0.4, -0.2) is 46.3 Å². The molecule has 0 radical (unpaired) electrons. The number of H-pyrrole nitrogens is 1. The number of aromatic amines is 1. The van der Waals surface area contributed by atoms with Crippen molar-refractivity contribution >= 4 is 22.5 Å². The molecule has 0 amide bonds. The Hall–Kier alpha value is -2.63. The van der Waals surface area contributed by atoms with Crippen molar-refractivity contribution in [2.45, 2.75) is 20.3 Å². The number of nitrogens with zero attached hydrogens (tertiary/aromatic N) is 5. The molecule has 0 aliphatic carbocycles. The van der Waals surface area contributed by atoms with Crippen molar-refractivity contribution < 1.29 is 0 Å². The molecule has 24 heavy (non-hydrogen) atoms. The van der Waals surface area contributed by atoms with E-state index in [1.807, 2.05) is 0 Å². The fourth-order valence-corrected chi connectivity index (χ4v) is 3.47. The van der Waals surface area contributed by atoms with Gasteiger partial charge in [-0.2, -0.15) is 5.10 Å². The Labute approximate surface area is 141 Å². The highest BCUT2D eigenvalue weighted by Crippen LogP contribution is 2.27. The average molecular weight is 322 g/mol. The first kappa shape index (κ1) is 14.9. The number of hydrogen-bond acceptors (Lipinski definition) is 5. The van der Waals surface area contributed by atoms with Gasteiger partial charge in [0, 0.05) is 37.6 Å². The van der Waals surface area contributed by atoms with E-state index < -0.39 is 0 Å². The van der Waals surface area contributed by atoms with Crippen LogP contribution in [0.25, 0.3) is 11.0 Å². The van der Waals surface area contributed by atoms with E-state index in [2.05, 4.69) is 68.1 Å². The van der Waals surface area contributed by atoms with Gasteiger partial charge in [-0.15, -0.1) is 0 Å². The maximum atomic E-state index is 4.56. The number of aromatic nitrogens is 4. The van der Waals surface area contributed by atoms with Gasteiger partial charge in [0.15, 0.2) is 5.65 Å². The minimum Gasteiger partial charge on any atom is -0.368 e. The van der Waals surface area contributed by atoms with Crippen LogP contribution in [-0.2, 0) is 6.42 Å². The summed E-state index contributed by atoms with van der Waals surface area (Å²) >= 11 is 0. The Bertz CT molecular complexity index is 848. The molecule has 6 nitrogen and oxygen atoms in total. The molecule has 0 unspecified atom stereocenters. The highest BCUT2D eigenvalue weighted by Gasteiger charge is 2.22. The SMILES string of the molecule is CCc1[nH]nc2ncnc(N3CCN(c4ccccc4C)CC3)c12. The van der Waals surface area contributed by atoms with E-state index >= 15 is 0 Å². The zero-order valence-electron chi connectivity index (χ0n) is 14.2. The van der Waals surface area contributed by atoms with Crippen molar-refractivity contribution in [2.75, 3.05) is 36.0 Å². The van der Waals surface area contributed by atoms with Crippen LogP contribution in [0.4, 0.5) is 11.5 Å². The van der Waals surface area contributed by atoms with Crippen LogP contribution in [0, 0.1) is 6.92 Å². The molecule has 1 aromatic carbocycles. The van der Waals surface area contributed by atoms with Gasteiger partial charge in [-0.05, 0) is 25.0 Å². The third kappa shape index (κ3) is 2.48. The molecule has 2 aromatic heterocycles. The summed E-state index contributed by atoms with van der Waals surface area (Å²) in [5.74, 6) is 1.01. The number of hydrogen-bond donors (Lipinski definition) is 1. The normalized spacial score (nSPS) is 15.2. The predicted octanol–water partition coefficient (Wildman–Crippen LogP) is 2.55. The summed E-state index contributed by atoms with van der Waals surface area (Å²) < 4.78 is 0. The molecule has 0 bridgehead atoms. The number of piperazine rings is 1. The molecule has 1 aliphatic heterocycles. The maximum absolute atomic E-state index is 4.56. The minimum atomic E-state index is 0.762. The molecular weight excluding hydrogens is 300 g/mol. The lowest BCUT2D eigenvalue weighted by Crippen LogP contribution is -2.47. The molecule has 1 N–H and O–H groups in total. The number of anilines is 2. The molecule has 1 aliphatic rings. The molecule has 0 atom stereocenters. The van der Waals surface area contributed by atoms with Crippen LogP contribution in [0.1, 0.15) is 18.2 Å². The van der Waals surface area contributed by atoms with Crippen LogP contribution < -0.4 is 9.80 Å². The number of benzene rings is 1. The van der Waals surface area contributed by atoms with Gasteiger partial charge in [0.05, 0.1) is 5.39 Å². The molecule has 1 fully saturated rings. The molecule has 4 rings (SSSR count). The molecule has 3 aromatic rings. The monoisotopic (exact) mass is 322 g/mol. The summed E-state index contributed by atoms with van der Waals surface area (Å²) in [6.45, 7) is 8.20. The van der Waals surface area contributed by atoms with E-state index in [-0.39, 0.29) is 0 Å². The van der Waals surface area contributed by atoms with Crippen LogP contribution >= 0.6 is 0 Å². The lowest BCUT2D eigenvalue weighted by Gasteiger charge is -2.37. The summed E-state index contributed by atoms with van der Waals surface area (Å²) in [7, 11) is 0. The van der Waals surface area contributed by atoms with Crippen molar-refractivity contribution in [2.24, 2.45) is 0 Å². The highest BCUT2D eigenvalue weighted by molar-refractivity contribution is 5.89. The van der Waals surface area contributed by atoms with Gasteiger partial charge in [0.2, 0.25) is 0 Å². The van der Waals surface area contributed by atoms with Gasteiger partial charge < -0.3 is 9.80 Å². The van der Waals surface area contributed by atoms with E-state index in [4.69, 9.17) is 0 Å². The number of fused-ring (bicyclic) bond motifs is 1. The van der Waals surface area contributed by atoms with Crippen LogP contribution in [0.5, 0.6) is 0 Å². The summed E-state index contributed by atoms with van der Waals surface area (Å²) in [4.78, 5) is 13.7. The van der Waals surface area contributed by atoms with Crippen LogP contribution in [0.15, 0.2) is 30.6 Å². The van der Waals surface area contributed by atoms with Gasteiger partial charge in [0.25, 0.3) is 0 Å². The Morgan fingerprint density at radius 2 is 1.79 bits per heavy atom. The third-order valence-electron chi connectivity index (χ3n) is 4.79. The van der Waals surface area contributed by atoms with Crippen molar-refractivity contribution in [3.05, 3.63) is 41.9 Å². The van der Waals surface area contributed by atoms with E-state index in [1.165, 1.54) is 11.3 Å². The summed E-state index contributed by atoms with van der Waals surface area (Å²) in [6.07, 6.45) is 2.52. The predicted molar refractivity (Wildman–Crippen MR) is 96.7 cm³/mol. The fraction of sp³-hybridized carbons (Fsp3) is 0.389. The molecule has 3 heterocycles. The molecule has 1 saturated heterocycles. The summed E-state index contributed by atoms with van der Waals surface area (Å²) in [5, 5.41) is 8.47. The molecule has 0 spiro atoms. The smallest absolute Gasteiger partial charge is 0.186 e. The fourth-order valence-electron chi connectivity index (χ4n) is 3.47. The second kappa shape index (κ2) is 6.11. The molecular formula is C18H22N6. The average Bonchev–Trinajstić information content (AvgIpc) is 3.06. The summed E-state index contributed by atoms with van der Waals surface area (Å²) in [5.41, 5.74) is 4.54. The van der Waals surface area contributed by atoms with E-state index in [0.717, 1.165) is 55.1 Å². The Kier molecular flexibility index (Phi) is 3.80. The summed E-state index contributed by atoms with van der Waals surface area (Å²) in [6, 6.07) is 8.59. The van der Waals surface area contributed by atoms with Gasteiger partial charge in [-0.1, -0.05) is 25.1 Å². The second-order valence-electron chi connectivity index (χ2n) is 6.21. The van der Waals surface area contributed by atoms with Crippen molar-refractivity contribution in [3.63, 3.8) is 0 Å². The Balaban J connectivity index is 1.58. The van der Waals surface area contributed by atoms with Crippen molar-refractivity contribution in [3.8, 4) is 0 Å². The number of para-hydroxylation sites is 1. The third-order valence-corrected chi connectivity index (χ3v) is 4.79. The second-order valence-corrected chi connectivity index (χ2v) is 6.21. The lowest BCUT2D eigenvalue weighted by atomic mass is 10.1. The van der Waals surface area contributed by atoms with E-state index in [1.54, 1.807) is 6.33 Å². The maximum Gasteiger partial charge on any atom is 0.186 e. The van der Waals surface area contributed by atoms with Crippen molar-refractivity contribution in [1.82, 2.24) is 20.2 Å². The van der Waals surface area contributed by atoms with Crippen LogP contribution in [0.3, 0.4) is 0 Å². The minimum absolute atomic E-state index is 0.762. The zero-order chi connectivity index (χ0) is 16.5. The highest BCUT2D eigenvalue weighted by atomic mass is 15.3. The van der Waals surface area contributed by atoms with Gasteiger partial charge in [-0.3, -0.25) is 5.10 Å². The first-order valence-electron chi connectivity index (χ1n) is 8.51. The quantitative estimate of drug-likeness (QED) is 0.803. The number of aryl methyl sites for hydroxylation is 2. The van der Waals surface area contributed by atoms with Gasteiger partial charge in [0.1, 0.15) is 12.1 Å². The first-order valence-corrected chi connectivity index (χ1v) is 8.51. The van der Waals surface area contributed by atoms with E-state index in [0.29, 0.717) is 0 Å². The lowest BCUT2D eigenvalue weighted by molar-refractivity contribution is 0.647. The topological polar surface area (TPSA) is 60.9 Å². The van der Waals surface area contributed by atoms with Gasteiger partial charge >= 0.3 is 0 Å². The Morgan fingerprint density at radius 1 is 1.04 bits per heavy atom. The number of nitrogens with one attached hydrogen (secondary N) is 1. The number of rotatable bonds is 3. The van der Waals surface area contributed by atoms with Crippen LogP contribution in [0.2, 0.25) is 0 Å². The zero-order valence-corrected chi connectivity index (χ0v) is 14.2. The molecule has 6 heteroatoms. The largest absolute Gasteiger partial charge is 0.368 e. The Morgan fingerprint density at radius 3 is 2.54 bits per heavy atom. The molecule has 0 saturated carbocycles.